The maximum Gasteiger partial charge on any atom is 0.109 e. The number of nitrogens with zero attached hydrogens (tertiary/aromatic N) is 2. The van der Waals surface area contributed by atoms with Gasteiger partial charge in [-0.1, -0.05) is 13.8 Å². The van der Waals surface area contributed by atoms with E-state index in [1.165, 1.54) is 37.3 Å². The van der Waals surface area contributed by atoms with Crippen LogP contribution < -0.4 is 0 Å². The fourth-order valence-corrected chi connectivity index (χ4v) is 2.52. The third-order valence-corrected chi connectivity index (χ3v) is 3.17. The van der Waals surface area contributed by atoms with Crippen LogP contribution in [0.5, 0.6) is 0 Å². The quantitative estimate of drug-likeness (QED) is 0.704. The van der Waals surface area contributed by atoms with Gasteiger partial charge in [0.15, 0.2) is 0 Å². The molecule has 0 saturated carbocycles. The Hall–Kier alpha value is -0.790. The van der Waals surface area contributed by atoms with Crippen LogP contribution in [0.1, 0.15) is 38.2 Å². The lowest BCUT2D eigenvalue weighted by molar-refractivity contribution is 0.322. The largest absolute Gasteiger partial charge is 0.332 e. The van der Waals surface area contributed by atoms with Crippen molar-refractivity contribution >= 4 is 0 Å². The Morgan fingerprint density at radius 1 is 1.57 bits per heavy atom. The van der Waals surface area contributed by atoms with Gasteiger partial charge in [0.05, 0.1) is 0 Å². The van der Waals surface area contributed by atoms with Crippen molar-refractivity contribution in [3.05, 3.63) is 17.7 Å². The Morgan fingerprint density at radius 3 is 3.07 bits per heavy atom. The van der Waals surface area contributed by atoms with Crippen molar-refractivity contribution in [3.8, 4) is 0 Å². The van der Waals surface area contributed by atoms with Crippen LogP contribution >= 0.6 is 0 Å². The van der Waals surface area contributed by atoms with Gasteiger partial charge in [-0.2, -0.15) is 0 Å². The third kappa shape index (κ3) is 1.84. The predicted octanol–water partition coefficient (Wildman–Crippen LogP) is 2.80. The van der Waals surface area contributed by atoms with Gasteiger partial charge in [-0.3, -0.25) is 0 Å². The molecule has 0 amide bonds. The van der Waals surface area contributed by atoms with Gasteiger partial charge in [0.1, 0.15) is 5.82 Å². The normalized spacial score (nSPS) is 21.3. The zero-order valence-corrected chi connectivity index (χ0v) is 9.45. The summed E-state index contributed by atoms with van der Waals surface area (Å²) in [6, 6.07) is 0. The van der Waals surface area contributed by atoms with E-state index in [-0.39, 0.29) is 0 Å². The number of hydrogen-bond donors (Lipinski definition) is 0. The molecule has 14 heavy (non-hydrogen) atoms. The van der Waals surface area contributed by atoms with E-state index in [1.807, 2.05) is 6.20 Å². The van der Waals surface area contributed by atoms with Crippen molar-refractivity contribution in [1.29, 1.82) is 0 Å². The molecular formula is C12H20N2. The molecule has 2 heterocycles. The van der Waals surface area contributed by atoms with Crippen LogP contribution in [0.3, 0.4) is 0 Å². The van der Waals surface area contributed by atoms with E-state index < -0.39 is 0 Å². The lowest BCUT2D eigenvalue weighted by Crippen LogP contribution is -2.21. The molecule has 0 unspecified atom stereocenters. The number of aromatic nitrogens is 2. The molecule has 2 nitrogen and oxygen atoms in total. The maximum atomic E-state index is 4.48. The van der Waals surface area contributed by atoms with Gasteiger partial charge in [0.2, 0.25) is 0 Å². The van der Waals surface area contributed by atoms with E-state index in [0.29, 0.717) is 0 Å². The van der Waals surface area contributed by atoms with E-state index in [4.69, 9.17) is 0 Å². The maximum absolute atomic E-state index is 4.48. The number of fused-ring (bicyclic) bond motifs is 1. The van der Waals surface area contributed by atoms with E-state index in [0.717, 1.165) is 11.8 Å². The van der Waals surface area contributed by atoms with Gasteiger partial charge in [0.25, 0.3) is 0 Å². The lowest BCUT2D eigenvalue weighted by atomic mass is 9.89. The molecule has 0 spiro atoms. The summed E-state index contributed by atoms with van der Waals surface area (Å²) in [5.41, 5.74) is 1.32. The summed E-state index contributed by atoms with van der Waals surface area (Å²) in [6.07, 6.45) is 5.88. The van der Waals surface area contributed by atoms with Gasteiger partial charge in [-0.25, -0.2) is 4.98 Å². The van der Waals surface area contributed by atoms with E-state index in [2.05, 4.69) is 30.3 Å². The first-order valence-corrected chi connectivity index (χ1v) is 5.68. The zero-order valence-electron chi connectivity index (χ0n) is 9.45. The zero-order chi connectivity index (χ0) is 10.1. The minimum atomic E-state index is 0.822. The van der Waals surface area contributed by atoms with Gasteiger partial charge >= 0.3 is 0 Å². The first-order valence-electron chi connectivity index (χ1n) is 5.68. The second kappa shape index (κ2) is 3.76. The minimum absolute atomic E-state index is 0.822. The Bertz CT molecular complexity index is 312. The minimum Gasteiger partial charge on any atom is -0.332 e. The highest BCUT2D eigenvalue weighted by Gasteiger charge is 2.20. The second-order valence-electron chi connectivity index (χ2n) is 4.96. The highest BCUT2D eigenvalue weighted by atomic mass is 15.1. The average Bonchev–Trinajstić information content (AvgIpc) is 2.46. The van der Waals surface area contributed by atoms with Crippen LogP contribution in [0.15, 0.2) is 6.20 Å². The Labute approximate surface area is 86.3 Å². The first-order chi connectivity index (χ1) is 6.66. The Balaban J connectivity index is 2.06. The summed E-state index contributed by atoms with van der Waals surface area (Å²) < 4.78 is 2.37. The van der Waals surface area contributed by atoms with Crippen molar-refractivity contribution in [1.82, 2.24) is 9.55 Å². The first kappa shape index (κ1) is 9.75. The van der Waals surface area contributed by atoms with Crippen LogP contribution in [-0.2, 0) is 13.0 Å². The van der Waals surface area contributed by atoms with Gasteiger partial charge in [0, 0.05) is 24.9 Å². The molecule has 2 heteroatoms. The van der Waals surface area contributed by atoms with Crippen molar-refractivity contribution in [2.24, 2.45) is 11.8 Å². The predicted molar refractivity (Wildman–Crippen MR) is 58.2 cm³/mol. The molecule has 0 bridgehead atoms. The summed E-state index contributed by atoms with van der Waals surface area (Å²) in [7, 11) is 0. The molecule has 1 aromatic rings. The number of hydrogen-bond acceptors (Lipinski definition) is 1. The smallest absolute Gasteiger partial charge is 0.109 e. The molecule has 0 fully saturated rings. The fraction of sp³-hybridized carbons (Fsp3) is 0.750. The molecule has 78 valence electrons. The van der Waals surface area contributed by atoms with Crippen LogP contribution in [-0.4, -0.2) is 9.55 Å². The van der Waals surface area contributed by atoms with E-state index in [1.54, 1.807) is 0 Å². The van der Waals surface area contributed by atoms with Crippen LogP contribution in [0.4, 0.5) is 0 Å². The van der Waals surface area contributed by atoms with Crippen LogP contribution in [0, 0.1) is 18.8 Å². The SMILES string of the molecule is Cc1cnc2n1CC[C@@H](CC(C)C)C2. The molecule has 0 radical (unpaired) electrons. The monoisotopic (exact) mass is 192 g/mol. The van der Waals surface area contributed by atoms with Gasteiger partial charge in [-0.05, 0) is 31.6 Å². The molecule has 1 aliphatic heterocycles. The molecule has 1 aliphatic rings. The summed E-state index contributed by atoms with van der Waals surface area (Å²) in [4.78, 5) is 4.48. The Kier molecular flexibility index (Phi) is 2.62. The van der Waals surface area contributed by atoms with Gasteiger partial charge < -0.3 is 4.57 Å². The summed E-state index contributed by atoms with van der Waals surface area (Å²) >= 11 is 0. The van der Waals surface area contributed by atoms with Crippen molar-refractivity contribution in [2.45, 2.75) is 46.6 Å². The molecule has 0 aliphatic carbocycles. The molecular weight excluding hydrogens is 172 g/mol. The van der Waals surface area contributed by atoms with Crippen LogP contribution in [0.25, 0.3) is 0 Å². The number of aryl methyl sites for hydroxylation is 1. The summed E-state index contributed by atoms with van der Waals surface area (Å²) in [5.74, 6) is 2.99. The standard InChI is InChI=1S/C12H20N2/c1-9(2)6-11-4-5-14-10(3)8-13-12(14)7-11/h8-9,11H,4-7H2,1-3H3/t11-/m0/s1. The third-order valence-electron chi connectivity index (χ3n) is 3.17. The van der Waals surface area contributed by atoms with Gasteiger partial charge in [-0.15, -0.1) is 0 Å². The lowest BCUT2D eigenvalue weighted by Gasteiger charge is -2.25. The molecule has 0 N–H and O–H groups in total. The van der Waals surface area contributed by atoms with E-state index in [9.17, 15) is 0 Å². The molecule has 1 aromatic heterocycles. The van der Waals surface area contributed by atoms with Crippen molar-refractivity contribution in [2.75, 3.05) is 0 Å². The molecule has 0 aromatic carbocycles. The average molecular weight is 192 g/mol. The topological polar surface area (TPSA) is 17.8 Å². The highest BCUT2D eigenvalue weighted by Crippen LogP contribution is 2.25. The molecule has 1 atom stereocenters. The van der Waals surface area contributed by atoms with E-state index >= 15 is 0 Å². The van der Waals surface area contributed by atoms with Crippen molar-refractivity contribution < 1.29 is 0 Å². The number of imidazole rings is 1. The molecule has 0 saturated heterocycles. The molecule has 2 rings (SSSR count). The second-order valence-corrected chi connectivity index (χ2v) is 4.96. The number of rotatable bonds is 2. The fourth-order valence-electron chi connectivity index (χ4n) is 2.52. The van der Waals surface area contributed by atoms with Crippen LogP contribution in [0.2, 0.25) is 0 Å². The summed E-state index contributed by atoms with van der Waals surface area (Å²) in [5, 5.41) is 0. The Morgan fingerprint density at radius 2 is 2.36 bits per heavy atom. The highest BCUT2D eigenvalue weighted by molar-refractivity contribution is 5.06. The summed E-state index contributed by atoms with van der Waals surface area (Å²) in [6.45, 7) is 7.95. The van der Waals surface area contributed by atoms with Crippen molar-refractivity contribution in [3.63, 3.8) is 0 Å².